The highest BCUT2D eigenvalue weighted by atomic mass is 16.5. The van der Waals surface area contributed by atoms with Crippen molar-refractivity contribution < 1.29 is 14.3 Å². The maximum atomic E-state index is 12.2. The number of benzene rings is 1. The van der Waals surface area contributed by atoms with Gasteiger partial charge in [-0.15, -0.1) is 0 Å². The van der Waals surface area contributed by atoms with Gasteiger partial charge in [0, 0.05) is 18.7 Å². The van der Waals surface area contributed by atoms with Crippen molar-refractivity contribution >= 4 is 17.5 Å². The highest BCUT2D eigenvalue weighted by Gasteiger charge is 2.19. The standard InChI is InChI=1S/C19H28N2O3/c1-12(2)9-10-24-14(4)19(23)20-13(3)15-5-7-17-16(11-15)6-8-18(22)21-17/h5,7,11-14H,6,8-10H2,1-4H3,(H,20,23)(H,21,22)/t13-,14-/m1/s1. The number of hydrogen-bond donors (Lipinski definition) is 2. The second kappa shape index (κ2) is 8.29. The molecule has 1 aromatic rings. The van der Waals surface area contributed by atoms with Gasteiger partial charge in [-0.25, -0.2) is 0 Å². The molecule has 5 heteroatoms. The van der Waals surface area contributed by atoms with Crippen LogP contribution < -0.4 is 10.6 Å². The highest BCUT2D eigenvalue weighted by Crippen LogP contribution is 2.26. The molecule has 5 nitrogen and oxygen atoms in total. The number of nitrogens with one attached hydrogen (secondary N) is 2. The van der Waals surface area contributed by atoms with Crippen LogP contribution in [0.2, 0.25) is 0 Å². The quantitative estimate of drug-likeness (QED) is 0.806. The molecule has 0 aromatic heterocycles. The third-order valence-electron chi connectivity index (χ3n) is 4.32. The van der Waals surface area contributed by atoms with Crippen molar-refractivity contribution in [3.8, 4) is 0 Å². The summed E-state index contributed by atoms with van der Waals surface area (Å²) in [5, 5.41) is 5.87. The van der Waals surface area contributed by atoms with Gasteiger partial charge in [0.15, 0.2) is 0 Å². The van der Waals surface area contributed by atoms with Gasteiger partial charge in [-0.05, 0) is 49.8 Å². The summed E-state index contributed by atoms with van der Waals surface area (Å²) in [6.45, 7) is 8.61. The van der Waals surface area contributed by atoms with Gasteiger partial charge in [-0.2, -0.15) is 0 Å². The predicted molar refractivity (Wildman–Crippen MR) is 94.8 cm³/mol. The Morgan fingerprint density at radius 1 is 1.25 bits per heavy atom. The molecule has 0 aliphatic carbocycles. The summed E-state index contributed by atoms with van der Waals surface area (Å²) < 4.78 is 5.59. The topological polar surface area (TPSA) is 67.4 Å². The van der Waals surface area contributed by atoms with Gasteiger partial charge in [0.25, 0.3) is 0 Å². The number of carbonyl (C=O) groups excluding carboxylic acids is 2. The molecule has 0 unspecified atom stereocenters. The van der Waals surface area contributed by atoms with E-state index < -0.39 is 6.10 Å². The zero-order valence-corrected chi connectivity index (χ0v) is 15.0. The number of rotatable bonds is 7. The van der Waals surface area contributed by atoms with Crippen LogP contribution in [0.4, 0.5) is 5.69 Å². The van der Waals surface area contributed by atoms with Crippen LogP contribution in [0, 0.1) is 5.92 Å². The van der Waals surface area contributed by atoms with E-state index in [1.54, 1.807) is 6.92 Å². The van der Waals surface area contributed by atoms with E-state index >= 15 is 0 Å². The molecule has 0 bridgehead atoms. The van der Waals surface area contributed by atoms with Gasteiger partial charge < -0.3 is 15.4 Å². The summed E-state index contributed by atoms with van der Waals surface area (Å²) >= 11 is 0. The van der Waals surface area contributed by atoms with E-state index in [-0.39, 0.29) is 17.9 Å². The Kier molecular flexibility index (Phi) is 6.37. The number of amides is 2. The summed E-state index contributed by atoms with van der Waals surface area (Å²) in [5.41, 5.74) is 3.03. The van der Waals surface area contributed by atoms with Crippen LogP contribution in [-0.4, -0.2) is 24.5 Å². The molecule has 2 rings (SSSR count). The number of anilines is 1. The fraction of sp³-hybridized carbons (Fsp3) is 0.579. The first-order valence-electron chi connectivity index (χ1n) is 8.71. The molecule has 1 aromatic carbocycles. The zero-order chi connectivity index (χ0) is 17.7. The minimum Gasteiger partial charge on any atom is -0.369 e. The average molecular weight is 332 g/mol. The van der Waals surface area contributed by atoms with Crippen LogP contribution in [0.3, 0.4) is 0 Å². The van der Waals surface area contributed by atoms with Crippen molar-refractivity contribution in [3.63, 3.8) is 0 Å². The molecular weight excluding hydrogens is 304 g/mol. The van der Waals surface area contributed by atoms with Gasteiger partial charge >= 0.3 is 0 Å². The first-order chi connectivity index (χ1) is 11.4. The Balaban J connectivity index is 1.91. The fourth-order valence-corrected chi connectivity index (χ4v) is 2.64. The smallest absolute Gasteiger partial charge is 0.249 e. The zero-order valence-electron chi connectivity index (χ0n) is 15.0. The number of fused-ring (bicyclic) bond motifs is 1. The summed E-state index contributed by atoms with van der Waals surface area (Å²) in [7, 11) is 0. The number of carbonyl (C=O) groups is 2. The molecule has 0 saturated carbocycles. The first kappa shape index (κ1) is 18.5. The van der Waals surface area contributed by atoms with Gasteiger partial charge in [0.2, 0.25) is 11.8 Å². The lowest BCUT2D eigenvalue weighted by atomic mass is 9.97. The highest BCUT2D eigenvalue weighted by molar-refractivity contribution is 5.93. The van der Waals surface area contributed by atoms with Crippen molar-refractivity contribution in [2.45, 2.75) is 59.1 Å². The molecule has 0 fully saturated rings. The number of aryl methyl sites for hydroxylation is 1. The van der Waals surface area contributed by atoms with Crippen molar-refractivity contribution in [1.29, 1.82) is 0 Å². The van der Waals surface area contributed by atoms with Crippen LogP contribution in [-0.2, 0) is 20.7 Å². The molecule has 1 heterocycles. The SMILES string of the molecule is CC(C)CCO[C@H](C)C(=O)N[C@H](C)c1ccc2c(c1)CCC(=O)N2. The Hall–Kier alpha value is -1.88. The monoisotopic (exact) mass is 332 g/mol. The molecule has 0 saturated heterocycles. The van der Waals surface area contributed by atoms with Crippen LogP contribution in [0.1, 0.15) is 57.7 Å². The molecule has 0 spiro atoms. The second-order valence-electron chi connectivity index (χ2n) is 6.89. The third kappa shape index (κ3) is 5.06. The van der Waals surface area contributed by atoms with Crippen molar-refractivity contribution in [2.24, 2.45) is 5.92 Å². The molecular formula is C19H28N2O3. The fourth-order valence-electron chi connectivity index (χ4n) is 2.64. The molecule has 1 aliphatic rings. The van der Waals surface area contributed by atoms with Crippen LogP contribution >= 0.6 is 0 Å². The Morgan fingerprint density at radius 2 is 2.00 bits per heavy atom. The van der Waals surface area contributed by atoms with Gasteiger partial charge in [0.1, 0.15) is 6.10 Å². The lowest BCUT2D eigenvalue weighted by molar-refractivity contribution is -0.132. The molecule has 2 N–H and O–H groups in total. The van der Waals surface area contributed by atoms with E-state index in [9.17, 15) is 9.59 Å². The van der Waals surface area contributed by atoms with E-state index in [0.29, 0.717) is 18.9 Å². The first-order valence-corrected chi connectivity index (χ1v) is 8.71. The summed E-state index contributed by atoms with van der Waals surface area (Å²) in [6, 6.07) is 5.81. The average Bonchev–Trinajstić information content (AvgIpc) is 2.53. The van der Waals surface area contributed by atoms with Gasteiger partial charge in [-0.3, -0.25) is 9.59 Å². The second-order valence-corrected chi connectivity index (χ2v) is 6.89. The normalized spacial score (nSPS) is 16.3. The van der Waals surface area contributed by atoms with E-state index in [4.69, 9.17) is 4.74 Å². The molecule has 24 heavy (non-hydrogen) atoms. The summed E-state index contributed by atoms with van der Waals surface area (Å²) in [6.07, 6.45) is 1.74. The van der Waals surface area contributed by atoms with Crippen LogP contribution in [0.5, 0.6) is 0 Å². The number of ether oxygens (including phenoxy) is 1. The van der Waals surface area contributed by atoms with Crippen LogP contribution in [0.15, 0.2) is 18.2 Å². The van der Waals surface area contributed by atoms with E-state index in [0.717, 1.165) is 29.7 Å². The summed E-state index contributed by atoms with van der Waals surface area (Å²) in [5.74, 6) is 0.524. The van der Waals surface area contributed by atoms with E-state index in [2.05, 4.69) is 30.5 Å². The van der Waals surface area contributed by atoms with Crippen molar-refractivity contribution in [2.75, 3.05) is 11.9 Å². The predicted octanol–water partition coefficient (Wildman–Crippen LogP) is 3.20. The third-order valence-corrected chi connectivity index (χ3v) is 4.32. The molecule has 1 aliphatic heterocycles. The Morgan fingerprint density at radius 3 is 2.71 bits per heavy atom. The molecule has 2 atom stereocenters. The minimum absolute atomic E-state index is 0.0592. The van der Waals surface area contributed by atoms with Crippen LogP contribution in [0.25, 0.3) is 0 Å². The van der Waals surface area contributed by atoms with Gasteiger partial charge in [-0.1, -0.05) is 26.0 Å². The summed E-state index contributed by atoms with van der Waals surface area (Å²) in [4.78, 5) is 23.7. The largest absolute Gasteiger partial charge is 0.369 e. The van der Waals surface area contributed by atoms with E-state index in [1.165, 1.54) is 0 Å². The lowest BCUT2D eigenvalue weighted by Gasteiger charge is -2.22. The molecule has 2 amide bonds. The Labute approximate surface area is 144 Å². The van der Waals surface area contributed by atoms with Crippen molar-refractivity contribution in [1.82, 2.24) is 5.32 Å². The maximum absolute atomic E-state index is 12.2. The van der Waals surface area contributed by atoms with Gasteiger partial charge in [0.05, 0.1) is 6.04 Å². The lowest BCUT2D eigenvalue weighted by Crippen LogP contribution is -2.36. The molecule has 0 radical (unpaired) electrons. The molecule has 132 valence electrons. The van der Waals surface area contributed by atoms with E-state index in [1.807, 2.05) is 19.1 Å². The Bertz CT molecular complexity index is 598. The number of hydrogen-bond acceptors (Lipinski definition) is 3. The van der Waals surface area contributed by atoms with Crippen molar-refractivity contribution in [3.05, 3.63) is 29.3 Å². The minimum atomic E-state index is -0.455. The maximum Gasteiger partial charge on any atom is 0.249 e.